The third-order valence-electron chi connectivity index (χ3n) is 2.51. The number of aromatic nitrogens is 2. The Bertz CT molecular complexity index is 346. The molecule has 0 aromatic carbocycles. The summed E-state index contributed by atoms with van der Waals surface area (Å²) < 4.78 is 0. The molecule has 1 N–H and O–H groups in total. The molecule has 5 heteroatoms. The number of hydrogen-bond donors (Lipinski definition) is 1. The summed E-state index contributed by atoms with van der Waals surface area (Å²) in [5, 5.41) is 6.63. The normalized spacial score (nSPS) is 10.8. The Labute approximate surface area is 96.4 Å². The summed E-state index contributed by atoms with van der Waals surface area (Å²) in [6.45, 7) is 3.61. The summed E-state index contributed by atoms with van der Waals surface area (Å²) in [5.41, 5.74) is 1.48. The monoisotopic (exact) mass is 224 g/mol. The zero-order valence-electron chi connectivity index (χ0n) is 10.4. The van der Waals surface area contributed by atoms with Gasteiger partial charge in [-0.25, -0.2) is 0 Å². The van der Waals surface area contributed by atoms with Gasteiger partial charge in [-0.15, -0.1) is 0 Å². The molecule has 0 aliphatic rings. The lowest BCUT2D eigenvalue weighted by molar-refractivity contribution is 0.0790. The van der Waals surface area contributed by atoms with Crippen molar-refractivity contribution in [3.05, 3.63) is 17.5 Å². The van der Waals surface area contributed by atoms with Gasteiger partial charge >= 0.3 is 0 Å². The van der Waals surface area contributed by atoms with Crippen molar-refractivity contribution in [2.24, 2.45) is 0 Å². The molecule has 0 unspecified atom stereocenters. The highest BCUT2D eigenvalue weighted by Gasteiger charge is 2.14. The minimum atomic E-state index is 0.0324. The number of carbonyl (C=O) groups is 1. The predicted molar refractivity (Wildman–Crippen MR) is 63.5 cm³/mol. The Kier molecular flexibility index (Phi) is 4.49. The van der Waals surface area contributed by atoms with Crippen LogP contribution in [-0.2, 0) is 0 Å². The van der Waals surface area contributed by atoms with E-state index in [0.717, 1.165) is 25.2 Å². The molecular formula is C11H20N4O. The minimum Gasteiger partial charge on any atom is -0.342 e. The molecule has 0 aliphatic heterocycles. The van der Waals surface area contributed by atoms with Crippen molar-refractivity contribution in [1.29, 1.82) is 0 Å². The van der Waals surface area contributed by atoms with Crippen LogP contribution in [0.3, 0.4) is 0 Å². The second kappa shape index (κ2) is 5.65. The van der Waals surface area contributed by atoms with Gasteiger partial charge in [-0.3, -0.25) is 9.89 Å². The van der Waals surface area contributed by atoms with E-state index in [0.29, 0.717) is 5.56 Å². The third-order valence-corrected chi connectivity index (χ3v) is 2.51. The molecule has 0 saturated heterocycles. The summed E-state index contributed by atoms with van der Waals surface area (Å²) in [7, 11) is 5.88. The van der Waals surface area contributed by atoms with E-state index in [9.17, 15) is 4.79 Å². The highest BCUT2D eigenvalue weighted by molar-refractivity contribution is 5.94. The first kappa shape index (κ1) is 12.7. The Hall–Kier alpha value is -1.36. The van der Waals surface area contributed by atoms with Crippen molar-refractivity contribution in [3.8, 4) is 0 Å². The Morgan fingerprint density at radius 3 is 2.56 bits per heavy atom. The van der Waals surface area contributed by atoms with Crippen LogP contribution < -0.4 is 0 Å². The highest BCUT2D eigenvalue weighted by atomic mass is 16.2. The average molecular weight is 224 g/mol. The lowest BCUT2D eigenvalue weighted by Crippen LogP contribution is -2.29. The number of nitrogens with zero attached hydrogens (tertiary/aromatic N) is 3. The fraction of sp³-hybridized carbons (Fsp3) is 0.636. The molecule has 0 spiro atoms. The van der Waals surface area contributed by atoms with E-state index in [1.54, 1.807) is 11.1 Å². The molecular weight excluding hydrogens is 204 g/mol. The van der Waals surface area contributed by atoms with E-state index in [1.807, 2.05) is 28.1 Å². The Morgan fingerprint density at radius 1 is 1.38 bits per heavy atom. The summed E-state index contributed by atoms with van der Waals surface area (Å²) in [6.07, 6.45) is 2.56. The number of amides is 1. The van der Waals surface area contributed by atoms with Gasteiger partial charge < -0.3 is 9.80 Å². The number of H-pyrrole nitrogens is 1. The number of carbonyl (C=O) groups excluding carboxylic acids is 1. The molecule has 0 bridgehead atoms. The molecule has 1 amide bonds. The van der Waals surface area contributed by atoms with Crippen LogP contribution in [0.5, 0.6) is 0 Å². The zero-order chi connectivity index (χ0) is 12.1. The number of aromatic amines is 1. The minimum absolute atomic E-state index is 0.0324. The molecule has 1 heterocycles. The van der Waals surface area contributed by atoms with E-state index in [-0.39, 0.29) is 5.91 Å². The summed E-state index contributed by atoms with van der Waals surface area (Å²) in [6, 6.07) is 0. The van der Waals surface area contributed by atoms with Gasteiger partial charge in [0.05, 0.1) is 11.8 Å². The van der Waals surface area contributed by atoms with Gasteiger partial charge in [0.25, 0.3) is 5.91 Å². The van der Waals surface area contributed by atoms with Crippen LogP contribution in [0.25, 0.3) is 0 Å². The maximum atomic E-state index is 12.0. The summed E-state index contributed by atoms with van der Waals surface area (Å²) >= 11 is 0. The molecule has 16 heavy (non-hydrogen) atoms. The van der Waals surface area contributed by atoms with E-state index >= 15 is 0 Å². The highest BCUT2D eigenvalue weighted by Crippen LogP contribution is 2.06. The molecule has 1 aromatic rings. The van der Waals surface area contributed by atoms with Crippen molar-refractivity contribution in [3.63, 3.8) is 0 Å². The number of hydrogen-bond acceptors (Lipinski definition) is 3. The Morgan fingerprint density at radius 2 is 2.06 bits per heavy atom. The number of aryl methyl sites for hydroxylation is 1. The van der Waals surface area contributed by atoms with Crippen LogP contribution in [0.4, 0.5) is 0 Å². The van der Waals surface area contributed by atoms with E-state index in [4.69, 9.17) is 0 Å². The molecule has 0 atom stereocenters. The van der Waals surface area contributed by atoms with Crippen molar-refractivity contribution in [2.45, 2.75) is 13.3 Å². The molecule has 5 nitrogen and oxygen atoms in total. The van der Waals surface area contributed by atoms with Crippen LogP contribution in [-0.4, -0.2) is 60.1 Å². The van der Waals surface area contributed by atoms with Crippen molar-refractivity contribution >= 4 is 5.91 Å². The fourth-order valence-corrected chi connectivity index (χ4v) is 1.50. The van der Waals surface area contributed by atoms with Crippen molar-refractivity contribution in [2.75, 3.05) is 34.2 Å². The summed E-state index contributed by atoms with van der Waals surface area (Å²) in [4.78, 5) is 15.8. The van der Waals surface area contributed by atoms with Crippen molar-refractivity contribution in [1.82, 2.24) is 20.0 Å². The largest absolute Gasteiger partial charge is 0.342 e. The van der Waals surface area contributed by atoms with Gasteiger partial charge in [-0.1, -0.05) is 0 Å². The first-order valence-corrected chi connectivity index (χ1v) is 5.42. The van der Waals surface area contributed by atoms with E-state index in [1.165, 1.54) is 0 Å². The first-order valence-electron chi connectivity index (χ1n) is 5.42. The van der Waals surface area contributed by atoms with Crippen LogP contribution >= 0.6 is 0 Å². The van der Waals surface area contributed by atoms with Gasteiger partial charge in [0, 0.05) is 19.3 Å². The lowest BCUT2D eigenvalue weighted by atomic mass is 10.2. The topological polar surface area (TPSA) is 52.2 Å². The third kappa shape index (κ3) is 3.34. The molecule has 1 rings (SSSR count). The maximum Gasteiger partial charge on any atom is 0.257 e. The molecule has 0 radical (unpaired) electrons. The van der Waals surface area contributed by atoms with Crippen LogP contribution in [0.15, 0.2) is 6.20 Å². The van der Waals surface area contributed by atoms with E-state index < -0.39 is 0 Å². The molecule has 0 aliphatic carbocycles. The van der Waals surface area contributed by atoms with Crippen LogP contribution in [0.2, 0.25) is 0 Å². The average Bonchev–Trinajstić information content (AvgIpc) is 2.62. The first-order chi connectivity index (χ1) is 7.52. The van der Waals surface area contributed by atoms with Crippen LogP contribution in [0, 0.1) is 6.92 Å². The fourth-order valence-electron chi connectivity index (χ4n) is 1.50. The quantitative estimate of drug-likeness (QED) is 0.802. The SMILES string of the molecule is Cc1[nH]ncc1C(=O)N(C)CCCN(C)C. The predicted octanol–water partition coefficient (Wildman–Crippen LogP) is 0.742. The molecule has 0 saturated carbocycles. The van der Waals surface area contributed by atoms with Gasteiger partial charge in [0.15, 0.2) is 0 Å². The van der Waals surface area contributed by atoms with Crippen LogP contribution in [0.1, 0.15) is 22.5 Å². The number of nitrogens with one attached hydrogen (secondary N) is 1. The van der Waals surface area contributed by atoms with Gasteiger partial charge in [0.2, 0.25) is 0 Å². The second-order valence-electron chi connectivity index (χ2n) is 4.29. The smallest absolute Gasteiger partial charge is 0.257 e. The summed E-state index contributed by atoms with van der Waals surface area (Å²) in [5.74, 6) is 0.0324. The van der Waals surface area contributed by atoms with Gasteiger partial charge in [-0.05, 0) is 34.0 Å². The molecule has 0 fully saturated rings. The van der Waals surface area contributed by atoms with Gasteiger partial charge in [0.1, 0.15) is 0 Å². The second-order valence-corrected chi connectivity index (χ2v) is 4.29. The van der Waals surface area contributed by atoms with Crippen molar-refractivity contribution < 1.29 is 4.79 Å². The van der Waals surface area contributed by atoms with E-state index in [2.05, 4.69) is 15.1 Å². The standard InChI is InChI=1S/C11H20N4O/c1-9-10(8-12-13-9)11(16)15(4)7-5-6-14(2)3/h8H,5-7H2,1-4H3,(H,12,13). The zero-order valence-corrected chi connectivity index (χ0v) is 10.4. The molecule has 90 valence electrons. The lowest BCUT2D eigenvalue weighted by Gasteiger charge is -2.18. The van der Waals surface area contributed by atoms with Gasteiger partial charge in [-0.2, -0.15) is 5.10 Å². The number of rotatable bonds is 5. The molecule has 1 aromatic heterocycles. The maximum absolute atomic E-state index is 12.0. The Balaban J connectivity index is 2.46.